The predicted octanol–water partition coefficient (Wildman–Crippen LogP) is 4.00. The van der Waals surface area contributed by atoms with Gasteiger partial charge >= 0.3 is 6.01 Å². The van der Waals surface area contributed by atoms with Gasteiger partial charge < -0.3 is 4.42 Å². The van der Waals surface area contributed by atoms with Gasteiger partial charge in [-0.3, -0.25) is 10.1 Å². The third-order valence-corrected chi connectivity index (χ3v) is 4.12. The fraction of sp³-hybridized carbons (Fsp3) is 0.118. The van der Waals surface area contributed by atoms with Gasteiger partial charge in [-0.25, -0.2) is 4.39 Å². The largest absolute Gasteiger partial charge is 0.403 e. The lowest BCUT2D eigenvalue weighted by molar-refractivity contribution is -0.115. The molecule has 3 rings (SSSR count). The first-order valence-electron chi connectivity index (χ1n) is 7.28. The summed E-state index contributed by atoms with van der Waals surface area (Å²) in [6, 6.07) is 15.5. The van der Waals surface area contributed by atoms with Gasteiger partial charge in [0, 0.05) is 22.6 Å². The highest BCUT2D eigenvalue weighted by Gasteiger charge is 2.11. The third kappa shape index (κ3) is 4.42. The average Bonchev–Trinajstić information content (AvgIpc) is 3.06. The molecule has 1 heterocycles. The van der Waals surface area contributed by atoms with Crippen molar-refractivity contribution in [2.24, 2.45) is 0 Å². The van der Waals surface area contributed by atoms with Gasteiger partial charge in [-0.15, -0.1) is 16.9 Å². The monoisotopic (exact) mass is 343 g/mol. The molecule has 0 saturated heterocycles. The summed E-state index contributed by atoms with van der Waals surface area (Å²) in [5.41, 5.74) is 0.789. The minimum atomic E-state index is -0.275. The number of nitrogens with zero attached hydrogens (tertiary/aromatic N) is 2. The predicted molar refractivity (Wildman–Crippen MR) is 90.1 cm³/mol. The van der Waals surface area contributed by atoms with Crippen LogP contribution >= 0.6 is 11.8 Å². The number of anilines is 1. The van der Waals surface area contributed by atoms with Crippen LogP contribution in [0.2, 0.25) is 0 Å². The summed E-state index contributed by atoms with van der Waals surface area (Å²) < 4.78 is 18.2. The van der Waals surface area contributed by atoms with Crippen molar-refractivity contribution in [1.82, 2.24) is 10.2 Å². The molecule has 0 saturated carbocycles. The molecule has 5 nitrogen and oxygen atoms in total. The summed E-state index contributed by atoms with van der Waals surface area (Å²) in [6.07, 6.45) is 0.283. The van der Waals surface area contributed by atoms with E-state index < -0.39 is 0 Å². The lowest BCUT2D eigenvalue weighted by Gasteiger charge is -2.01. The Balaban J connectivity index is 1.48. The Kier molecular flexibility index (Phi) is 5.22. The number of nitrogens with one attached hydrogen (secondary N) is 1. The number of hydrogen-bond donors (Lipinski definition) is 1. The Morgan fingerprint density at radius 1 is 1.08 bits per heavy atom. The van der Waals surface area contributed by atoms with Crippen molar-refractivity contribution in [3.8, 4) is 11.5 Å². The first-order valence-corrected chi connectivity index (χ1v) is 8.26. The van der Waals surface area contributed by atoms with Gasteiger partial charge in [-0.2, -0.15) is 0 Å². The number of carbonyl (C=O) groups is 1. The maximum Gasteiger partial charge on any atom is 0.322 e. The number of carbonyl (C=O) groups excluding carboxylic acids is 1. The van der Waals surface area contributed by atoms with Gasteiger partial charge in [0.2, 0.25) is 11.8 Å². The summed E-state index contributed by atoms with van der Waals surface area (Å²) in [7, 11) is 0. The van der Waals surface area contributed by atoms with Crippen molar-refractivity contribution >= 4 is 23.7 Å². The van der Waals surface area contributed by atoms with Crippen LogP contribution in [0.1, 0.15) is 6.42 Å². The molecule has 0 spiro atoms. The zero-order valence-corrected chi connectivity index (χ0v) is 13.4. The molecule has 7 heteroatoms. The highest BCUT2D eigenvalue weighted by molar-refractivity contribution is 7.99. The molecule has 24 heavy (non-hydrogen) atoms. The lowest BCUT2D eigenvalue weighted by atomic mass is 10.2. The molecule has 1 amide bonds. The summed E-state index contributed by atoms with van der Waals surface area (Å²) in [5.74, 6) is 0.430. The Labute approximate surface area is 142 Å². The molecule has 0 bridgehead atoms. The molecule has 0 unspecified atom stereocenters. The maximum absolute atomic E-state index is 12.8. The van der Waals surface area contributed by atoms with Crippen molar-refractivity contribution in [2.45, 2.75) is 11.3 Å². The molecule has 0 aliphatic carbocycles. The molecule has 122 valence electrons. The summed E-state index contributed by atoms with van der Waals surface area (Å²) >= 11 is 1.48. The summed E-state index contributed by atoms with van der Waals surface area (Å²) in [5, 5.41) is 10.3. The zero-order chi connectivity index (χ0) is 16.8. The van der Waals surface area contributed by atoms with Crippen LogP contribution in [-0.4, -0.2) is 21.9 Å². The van der Waals surface area contributed by atoms with E-state index in [9.17, 15) is 9.18 Å². The van der Waals surface area contributed by atoms with Crippen molar-refractivity contribution in [3.63, 3.8) is 0 Å². The number of thioether (sulfide) groups is 1. The summed E-state index contributed by atoms with van der Waals surface area (Å²) in [6.45, 7) is 0. The highest BCUT2D eigenvalue weighted by Crippen LogP contribution is 2.21. The zero-order valence-electron chi connectivity index (χ0n) is 12.6. The number of aromatic nitrogens is 2. The Morgan fingerprint density at radius 2 is 1.83 bits per heavy atom. The molecular weight excluding hydrogens is 329 g/mol. The molecule has 0 aliphatic rings. The molecule has 1 aromatic heterocycles. The van der Waals surface area contributed by atoms with E-state index in [2.05, 4.69) is 15.5 Å². The quantitative estimate of drug-likeness (QED) is 0.685. The van der Waals surface area contributed by atoms with Gasteiger partial charge in [-0.1, -0.05) is 23.3 Å². The number of rotatable bonds is 6. The second-order valence-corrected chi connectivity index (χ2v) is 6.05. The highest BCUT2D eigenvalue weighted by atomic mass is 32.2. The fourth-order valence-electron chi connectivity index (χ4n) is 1.95. The van der Waals surface area contributed by atoms with Gasteiger partial charge in [-0.05, 0) is 36.4 Å². The molecule has 0 radical (unpaired) electrons. The lowest BCUT2D eigenvalue weighted by Crippen LogP contribution is -2.12. The molecule has 1 N–H and O–H groups in total. The molecule has 0 fully saturated rings. The number of hydrogen-bond acceptors (Lipinski definition) is 5. The normalized spacial score (nSPS) is 10.5. The second kappa shape index (κ2) is 7.74. The van der Waals surface area contributed by atoms with Crippen LogP contribution in [-0.2, 0) is 4.79 Å². The van der Waals surface area contributed by atoms with Crippen LogP contribution in [0.3, 0.4) is 0 Å². The van der Waals surface area contributed by atoms with Crippen LogP contribution < -0.4 is 5.32 Å². The van der Waals surface area contributed by atoms with Crippen molar-refractivity contribution in [1.29, 1.82) is 0 Å². The molecule has 3 aromatic rings. The van der Waals surface area contributed by atoms with Crippen LogP contribution in [0, 0.1) is 5.82 Å². The maximum atomic E-state index is 12.8. The van der Waals surface area contributed by atoms with E-state index in [1.165, 1.54) is 23.9 Å². The second-order valence-electron chi connectivity index (χ2n) is 4.88. The first-order chi connectivity index (χ1) is 11.7. The molecule has 2 aromatic carbocycles. The number of benzene rings is 2. The van der Waals surface area contributed by atoms with Gasteiger partial charge in [0.15, 0.2) is 0 Å². The average molecular weight is 343 g/mol. The fourth-order valence-corrected chi connectivity index (χ4v) is 2.80. The SMILES string of the molecule is O=C(CCSc1ccc(F)cc1)Nc1nnc(-c2ccccc2)o1. The Morgan fingerprint density at radius 3 is 2.58 bits per heavy atom. The van der Waals surface area contributed by atoms with E-state index in [1.54, 1.807) is 12.1 Å². The summed E-state index contributed by atoms with van der Waals surface area (Å²) in [4.78, 5) is 12.8. The van der Waals surface area contributed by atoms with Gasteiger partial charge in [0.05, 0.1) is 0 Å². The van der Waals surface area contributed by atoms with E-state index in [0.717, 1.165) is 10.5 Å². The molecular formula is C17H14FN3O2S. The van der Waals surface area contributed by atoms with Crippen molar-refractivity contribution in [2.75, 3.05) is 11.1 Å². The van der Waals surface area contributed by atoms with E-state index in [4.69, 9.17) is 4.42 Å². The van der Waals surface area contributed by atoms with Crippen LogP contribution in [0.5, 0.6) is 0 Å². The van der Waals surface area contributed by atoms with Crippen LogP contribution in [0.25, 0.3) is 11.5 Å². The van der Waals surface area contributed by atoms with E-state index in [1.807, 2.05) is 30.3 Å². The smallest absolute Gasteiger partial charge is 0.322 e. The van der Waals surface area contributed by atoms with Crippen LogP contribution in [0.15, 0.2) is 63.9 Å². The minimum Gasteiger partial charge on any atom is -0.403 e. The van der Waals surface area contributed by atoms with Crippen molar-refractivity contribution in [3.05, 3.63) is 60.4 Å². The van der Waals surface area contributed by atoms with E-state index in [-0.39, 0.29) is 24.2 Å². The first kappa shape index (κ1) is 16.2. The number of amides is 1. The molecule has 0 aliphatic heterocycles. The number of halogens is 1. The van der Waals surface area contributed by atoms with Gasteiger partial charge in [0.1, 0.15) is 5.82 Å². The van der Waals surface area contributed by atoms with Crippen molar-refractivity contribution < 1.29 is 13.6 Å². The Bertz CT molecular complexity index is 806. The van der Waals surface area contributed by atoms with Crippen LogP contribution in [0.4, 0.5) is 10.4 Å². The standard InChI is InChI=1S/C17H14FN3O2S/c18-13-6-8-14(9-7-13)24-11-10-15(22)19-17-21-20-16(23-17)12-4-2-1-3-5-12/h1-9H,10-11H2,(H,19,21,22). The van der Waals surface area contributed by atoms with Gasteiger partial charge in [0.25, 0.3) is 0 Å². The third-order valence-electron chi connectivity index (χ3n) is 3.10. The Hall–Kier alpha value is -2.67. The van der Waals surface area contributed by atoms with E-state index >= 15 is 0 Å². The molecule has 0 atom stereocenters. The van der Waals surface area contributed by atoms with E-state index in [0.29, 0.717) is 11.6 Å². The topological polar surface area (TPSA) is 68.0 Å². The minimum absolute atomic E-state index is 0.0747.